The first kappa shape index (κ1) is 14.5. The summed E-state index contributed by atoms with van der Waals surface area (Å²) in [6.45, 7) is 9.94. The Morgan fingerprint density at radius 1 is 1.21 bits per heavy atom. The molecule has 1 aromatic rings. The van der Waals surface area contributed by atoms with E-state index < -0.39 is 0 Å². The minimum absolute atomic E-state index is 0.107. The van der Waals surface area contributed by atoms with Gasteiger partial charge in [0.15, 0.2) is 0 Å². The number of rotatable bonds is 4. The fourth-order valence-corrected chi connectivity index (χ4v) is 3.01. The standard InChI is InChI=1S/C17H28N2/c1-14-4-6-16(7-5-14)12-17(3,13-18)19-10-8-15(2)9-11-19/h4-7,15H,8-13,18H2,1-3H3. The molecule has 0 bridgehead atoms. The second-order valence-electron chi connectivity index (χ2n) is 6.53. The molecule has 19 heavy (non-hydrogen) atoms. The number of hydrogen-bond donors (Lipinski definition) is 1. The molecule has 1 saturated heterocycles. The average molecular weight is 260 g/mol. The van der Waals surface area contributed by atoms with Crippen LogP contribution in [0, 0.1) is 12.8 Å². The maximum absolute atomic E-state index is 6.11. The number of aryl methyl sites for hydroxylation is 1. The molecular formula is C17H28N2. The molecular weight excluding hydrogens is 232 g/mol. The van der Waals surface area contributed by atoms with Gasteiger partial charge in [-0.3, -0.25) is 4.90 Å². The van der Waals surface area contributed by atoms with Gasteiger partial charge in [-0.15, -0.1) is 0 Å². The van der Waals surface area contributed by atoms with Gasteiger partial charge in [0.2, 0.25) is 0 Å². The molecule has 1 unspecified atom stereocenters. The molecule has 1 heterocycles. The van der Waals surface area contributed by atoms with Crippen LogP contribution in [0.1, 0.15) is 37.8 Å². The number of likely N-dealkylation sites (tertiary alicyclic amines) is 1. The van der Waals surface area contributed by atoms with Gasteiger partial charge in [-0.25, -0.2) is 0 Å². The van der Waals surface area contributed by atoms with E-state index in [0.717, 1.165) is 18.9 Å². The van der Waals surface area contributed by atoms with E-state index in [0.29, 0.717) is 0 Å². The van der Waals surface area contributed by atoms with Gasteiger partial charge in [0.1, 0.15) is 0 Å². The van der Waals surface area contributed by atoms with Crippen molar-refractivity contribution in [1.82, 2.24) is 4.90 Å². The van der Waals surface area contributed by atoms with E-state index in [9.17, 15) is 0 Å². The first-order valence-electron chi connectivity index (χ1n) is 7.54. The predicted molar refractivity (Wildman–Crippen MR) is 82.3 cm³/mol. The van der Waals surface area contributed by atoms with E-state index in [1.165, 1.54) is 37.1 Å². The van der Waals surface area contributed by atoms with E-state index in [4.69, 9.17) is 5.73 Å². The van der Waals surface area contributed by atoms with Crippen molar-refractivity contribution in [3.05, 3.63) is 35.4 Å². The largest absolute Gasteiger partial charge is 0.329 e. The smallest absolute Gasteiger partial charge is 0.0343 e. The molecule has 2 nitrogen and oxygen atoms in total. The summed E-state index contributed by atoms with van der Waals surface area (Å²) in [5, 5.41) is 0. The molecule has 1 aromatic carbocycles. The molecule has 0 amide bonds. The van der Waals surface area contributed by atoms with Gasteiger partial charge in [0, 0.05) is 12.1 Å². The minimum Gasteiger partial charge on any atom is -0.329 e. The van der Waals surface area contributed by atoms with Gasteiger partial charge in [-0.1, -0.05) is 36.8 Å². The van der Waals surface area contributed by atoms with Crippen molar-refractivity contribution in [3.63, 3.8) is 0 Å². The van der Waals surface area contributed by atoms with Gasteiger partial charge in [0.05, 0.1) is 0 Å². The van der Waals surface area contributed by atoms with Crippen LogP contribution in [0.3, 0.4) is 0 Å². The summed E-state index contributed by atoms with van der Waals surface area (Å²) in [5.41, 5.74) is 8.94. The second kappa shape index (κ2) is 6.06. The van der Waals surface area contributed by atoms with Crippen molar-refractivity contribution in [3.8, 4) is 0 Å². The molecule has 1 fully saturated rings. The lowest BCUT2D eigenvalue weighted by Gasteiger charge is -2.44. The Morgan fingerprint density at radius 3 is 2.32 bits per heavy atom. The van der Waals surface area contributed by atoms with Crippen LogP contribution in [-0.2, 0) is 6.42 Å². The van der Waals surface area contributed by atoms with Crippen LogP contribution in [0.25, 0.3) is 0 Å². The third kappa shape index (κ3) is 3.58. The zero-order chi connectivity index (χ0) is 13.9. The van der Waals surface area contributed by atoms with E-state index in [1.807, 2.05) is 0 Å². The molecule has 106 valence electrons. The number of nitrogens with two attached hydrogens (primary N) is 1. The van der Waals surface area contributed by atoms with Crippen LogP contribution in [-0.4, -0.2) is 30.1 Å². The van der Waals surface area contributed by atoms with E-state index in [1.54, 1.807) is 0 Å². The van der Waals surface area contributed by atoms with Crippen molar-refractivity contribution in [2.45, 2.75) is 45.6 Å². The van der Waals surface area contributed by atoms with Crippen molar-refractivity contribution in [2.24, 2.45) is 11.7 Å². The quantitative estimate of drug-likeness (QED) is 0.902. The summed E-state index contributed by atoms with van der Waals surface area (Å²) in [6.07, 6.45) is 3.67. The van der Waals surface area contributed by atoms with Crippen LogP contribution in [0.2, 0.25) is 0 Å². The normalized spacial score (nSPS) is 21.3. The summed E-state index contributed by atoms with van der Waals surface area (Å²) in [6, 6.07) is 8.89. The lowest BCUT2D eigenvalue weighted by molar-refractivity contribution is 0.0709. The lowest BCUT2D eigenvalue weighted by atomic mass is 9.87. The highest BCUT2D eigenvalue weighted by Crippen LogP contribution is 2.26. The van der Waals surface area contributed by atoms with Crippen molar-refractivity contribution in [2.75, 3.05) is 19.6 Å². The SMILES string of the molecule is Cc1ccc(CC(C)(CN)N2CCC(C)CC2)cc1. The Labute approximate surface area is 118 Å². The average Bonchev–Trinajstić information content (AvgIpc) is 2.42. The fraction of sp³-hybridized carbons (Fsp3) is 0.647. The molecule has 2 N–H and O–H groups in total. The molecule has 0 radical (unpaired) electrons. The predicted octanol–water partition coefficient (Wildman–Crippen LogP) is 2.99. The highest BCUT2D eigenvalue weighted by Gasteiger charge is 2.32. The maximum Gasteiger partial charge on any atom is 0.0343 e. The topological polar surface area (TPSA) is 29.3 Å². The maximum atomic E-state index is 6.11. The zero-order valence-electron chi connectivity index (χ0n) is 12.7. The number of piperidine rings is 1. The molecule has 1 aliphatic heterocycles. The van der Waals surface area contributed by atoms with E-state index >= 15 is 0 Å². The number of nitrogens with zero attached hydrogens (tertiary/aromatic N) is 1. The van der Waals surface area contributed by atoms with Crippen molar-refractivity contribution in [1.29, 1.82) is 0 Å². The van der Waals surface area contributed by atoms with Crippen LogP contribution < -0.4 is 5.73 Å². The minimum atomic E-state index is 0.107. The summed E-state index contributed by atoms with van der Waals surface area (Å²) >= 11 is 0. The highest BCUT2D eigenvalue weighted by molar-refractivity contribution is 5.23. The Bertz CT molecular complexity index is 390. The fourth-order valence-electron chi connectivity index (χ4n) is 3.01. The monoisotopic (exact) mass is 260 g/mol. The van der Waals surface area contributed by atoms with Crippen LogP contribution in [0.4, 0.5) is 0 Å². The molecule has 2 heteroatoms. The Balaban J connectivity index is 2.06. The molecule has 1 atom stereocenters. The third-order valence-electron chi connectivity index (χ3n) is 4.69. The van der Waals surface area contributed by atoms with Gasteiger partial charge in [-0.05, 0) is 57.7 Å². The summed E-state index contributed by atoms with van der Waals surface area (Å²) in [4.78, 5) is 2.60. The molecule has 2 rings (SSSR count). The van der Waals surface area contributed by atoms with Crippen LogP contribution >= 0.6 is 0 Å². The Hall–Kier alpha value is -0.860. The zero-order valence-corrected chi connectivity index (χ0v) is 12.7. The molecule has 0 aliphatic carbocycles. The van der Waals surface area contributed by atoms with Crippen molar-refractivity contribution < 1.29 is 0 Å². The molecule has 0 saturated carbocycles. The summed E-state index contributed by atoms with van der Waals surface area (Å²) < 4.78 is 0. The first-order valence-corrected chi connectivity index (χ1v) is 7.54. The van der Waals surface area contributed by atoms with E-state index in [-0.39, 0.29) is 5.54 Å². The van der Waals surface area contributed by atoms with Gasteiger partial charge in [0.25, 0.3) is 0 Å². The second-order valence-corrected chi connectivity index (χ2v) is 6.53. The molecule has 0 spiro atoms. The summed E-state index contributed by atoms with van der Waals surface area (Å²) in [7, 11) is 0. The van der Waals surface area contributed by atoms with Gasteiger partial charge >= 0.3 is 0 Å². The lowest BCUT2D eigenvalue weighted by Crippen LogP contribution is -2.55. The van der Waals surface area contributed by atoms with Crippen LogP contribution in [0.15, 0.2) is 24.3 Å². The van der Waals surface area contributed by atoms with Crippen LogP contribution in [0.5, 0.6) is 0 Å². The summed E-state index contributed by atoms with van der Waals surface area (Å²) in [5.74, 6) is 0.873. The number of benzene rings is 1. The first-order chi connectivity index (χ1) is 9.03. The van der Waals surface area contributed by atoms with Gasteiger partial charge < -0.3 is 5.73 Å². The Kier molecular flexibility index (Phi) is 4.64. The number of hydrogen-bond acceptors (Lipinski definition) is 2. The Morgan fingerprint density at radius 2 is 1.79 bits per heavy atom. The molecule has 1 aliphatic rings. The third-order valence-corrected chi connectivity index (χ3v) is 4.69. The highest BCUT2D eigenvalue weighted by atomic mass is 15.2. The van der Waals surface area contributed by atoms with Crippen molar-refractivity contribution >= 4 is 0 Å². The van der Waals surface area contributed by atoms with E-state index in [2.05, 4.69) is 49.9 Å². The molecule has 0 aromatic heterocycles. The van der Waals surface area contributed by atoms with Gasteiger partial charge in [-0.2, -0.15) is 0 Å².